The van der Waals surface area contributed by atoms with Crippen LogP contribution in [0.15, 0.2) is 53.0 Å². The second-order valence-corrected chi connectivity index (χ2v) is 5.54. The normalized spacial score (nSPS) is 12.3. The van der Waals surface area contributed by atoms with Gasteiger partial charge < -0.3 is 10.4 Å². The molecule has 1 atom stereocenters. The predicted octanol–water partition coefficient (Wildman–Crippen LogP) is 3.28. The van der Waals surface area contributed by atoms with Gasteiger partial charge in [-0.25, -0.2) is 4.39 Å². The van der Waals surface area contributed by atoms with E-state index in [0.29, 0.717) is 6.54 Å². The summed E-state index contributed by atoms with van der Waals surface area (Å²) in [7, 11) is 0. The highest BCUT2D eigenvalue weighted by Crippen LogP contribution is 2.18. The number of aliphatic hydroxyl groups is 1. The fraction of sp³-hybridized carbons (Fsp3) is 0.250. The van der Waals surface area contributed by atoms with Gasteiger partial charge in [0.25, 0.3) is 0 Å². The highest BCUT2D eigenvalue weighted by atomic mass is 79.9. The second kappa shape index (κ2) is 7.53. The molecular formula is C16H17BrFNO. The monoisotopic (exact) mass is 337 g/mol. The van der Waals surface area contributed by atoms with E-state index in [1.165, 1.54) is 17.7 Å². The molecule has 2 nitrogen and oxygen atoms in total. The lowest BCUT2D eigenvalue weighted by atomic mass is 10.1. The van der Waals surface area contributed by atoms with E-state index in [1.807, 2.05) is 30.3 Å². The first-order valence-electron chi connectivity index (χ1n) is 6.51. The van der Waals surface area contributed by atoms with Gasteiger partial charge in [0.1, 0.15) is 5.82 Å². The van der Waals surface area contributed by atoms with Gasteiger partial charge in [-0.05, 0) is 29.7 Å². The smallest absolute Gasteiger partial charge is 0.124 e. The molecule has 0 amide bonds. The summed E-state index contributed by atoms with van der Waals surface area (Å²) >= 11 is 3.34. The Morgan fingerprint density at radius 1 is 1.15 bits per heavy atom. The topological polar surface area (TPSA) is 32.3 Å². The Morgan fingerprint density at radius 3 is 2.55 bits per heavy atom. The molecule has 0 aromatic heterocycles. The Hall–Kier alpha value is -1.23. The minimum atomic E-state index is -0.261. The van der Waals surface area contributed by atoms with Gasteiger partial charge in [-0.1, -0.05) is 52.3 Å². The van der Waals surface area contributed by atoms with Gasteiger partial charge in [-0.3, -0.25) is 0 Å². The maximum absolute atomic E-state index is 13.0. The molecule has 106 valence electrons. The Bertz CT molecular complexity index is 547. The van der Waals surface area contributed by atoms with Crippen LogP contribution in [0, 0.1) is 5.82 Å². The molecule has 0 unspecified atom stereocenters. The maximum Gasteiger partial charge on any atom is 0.124 e. The number of nitrogens with one attached hydrogen (secondary N) is 1. The Balaban J connectivity index is 1.93. The van der Waals surface area contributed by atoms with Crippen molar-refractivity contribution < 1.29 is 9.50 Å². The van der Waals surface area contributed by atoms with Gasteiger partial charge in [0.15, 0.2) is 0 Å². The largest absolute Gasteiger partial charge is 0.395 e. The van der Waals surface area contributed by atoms with Gasteiger partial charge >= 0.3 is 0 Å². The number of rotatable bonds is 6. The van der Waals surface area contributed by atoms with Crippen molar-refractivity contribution in [2.75, 3.05) is 6.61 Å². The first kappa shape index (κ1) is 15.2. The quantitative estimate of drug-likeness (QED) is 0.847. The fourth-order valence-electron chi connectivity index (χ4n) is 2.02. The zero-order chi connectivity index (χ0) is 14.4. The number of hydrogen-bond acceptors (Lipinski definition) is 2. The summed E-state index contributed by atoms with van der Waals surface area (Å²) in [4.78, 5) is 0. The first-order valence-corrected chi connectivity index (χ1v) is 7.30. The van der Waals surface area contributed by atoms with Gasteiger partial charge in [0, 0.05) is 17.1 Å². The molecule has 0 saturated heterocycles. The average Bonchev–Trinajstić information content (AvgIpc) is 2.46. The van der Waals surface area contributed by atoms with Crippen LogP contribution >= 0.6 is 15.9 Å². The molecule has 0 heterocycles. The summed E-state index contributed by atoms with van der Waals surface area (Å²) in [6.07, 6.45) is 0.760. The zero-order valence-corrected chi connectivity index (χ0v) is 12.6. The van der Waals surface area contributed by atoms with E-state index in [-0.39, 0.29) is 18.5 Å². The third-order valence-electron chi connectivity index (χ3n) is 3.14. The van der Waals surface area contributed by atoms with E-state index in [0.717, 1.165) is 16.5 Å². The van der Waals surface area contributed by atoms with Crippen molar-refractivity contribution in [3.05, 3.63) is 69.9 Å². The van der Waals surface area contributed by atoms with E-state index >= 15 is 0 Å². The van der Waals surface area contributed by atoms with E-state index < -0.39 is 0 Å². The van der Waals surface area contributed by atoms with Crippen molar-refractivity contribution in [1.29, 1.82) is 0 Å². The summed E-state index contributed by atoms with van der Waals surface area (Å²) in [6.45, 7) is 0.645. The van der Waals surface area contributed by atoms with Crippen LogP contribution in [-0.2, 0) is 13.0 Å². The maximum atomic E-state index is 13.0. The minimum Gasteiger partial charge on any atom is -0.395 e. The third-order valence-corrected chi connectivity index (χ3v) is 3.88. The molecule has 0 aliphatic rings. The summed E-state index contributed by atoms with van der Waals surface area (Å²) in [5.41, 5.74) is 2.15. The summed E-state index contributed by atoms with van der Waals surface area (Å²) < 4.78 is 13.7. The molecule has 2 N–H and O–H groups in total. The van der Waals surface area contributed by atoms with E-state index in [2.05, 4.69) is 21.2 Å². The Labute approximate surface area is 126 Å². The first-order chi connectivity index (χ1) is 9.69. The highest BCUT2D eigenvalue weighted by molar-refractivity contribution is 9.10. The van der Waals surface area contributed by atoms with Crippen molar-refractivity contribution in [1.82, 2.24) is 5.32 Å². The number of aliphatic hydroxyl groups excluding tert-OH is 1. The van der Waals surface area contributed by atoms with Crippen LogP contribution < -0.4 is 5.32 Å². The fourth-order valence-corrected chi connectivity index (χ4v) is 2.51. The van der Waals surface area contributed by atoms with E-state index in [1.54, 1.807) is 6.07 Å². The second-order valence-electron chi connectivity index (χ2n) is 4.69. The van der Waals surface area contributed by atoms with Crippen molar-refractivity contribution in [2.24, 2.45) is 0 Å². The van der Waals surface area contributed by atoms with Crippen molar-refractivity contribution in [3.8, 4) is 0 Å². The number of hydrogen-bond donors (Lipinski definition) is 2. The van der Waals surface area contributed by atoms with Crippen LogP contribution in [0.25, 0.3) is 0 Å². The SMILES string of the molecule is OC[C@@H](Cc1ccccc1)NCc1ccc(F)cc1Br. The van der Waals surface area contributed by atoms with E-state index in [9.17, 15) is 9.50 Å². The Morgan fingerprint density at radius 2 is 1.90 bits per heavy atom. The summed E-state index contributed by atoms with van der Waals surface area (Å²) in [6, 6.07) is 14.6. The lowest BCUT2D eigenvalue weighted by molar-refractivity contribution is 0.240. The lowest BCUT2D eigenvalue weighted by Crippen LogP contribution is -2.34. The van der Waals surface area contributed by atoms with Gasteiger partial charge in [0.05, 0.1) is 6.61 Å². The molecule has 2 aromatic carbocycles. The van der Waals surface area contributed by atoms with Crippen LogP contribution in [0.1, 0.15) is 11.1 Å². The predicted molar refractivity (Wildman–Crippen MR) is 82.0 cm³/mol. The molecule has 0 saturated carbocycles. The molecule has 0 spiro atoms. The molecule has 4 heteroatoms. The molecule has 0 radical (unpaired) electrons. The molecule has 0 aliphatic heterocycles. The average molecular weight is 338 g/mol. The highest BCUT2D eigenvalue weighted by Gasteiger charge is 2.09. The van der Waals surface area contributed by atoms with Crippen molar-refractivity contribution in [2.45, 2.75) is 19.0 Å². The van der Waals surface area contributed by atoms with Crippen LogP contribution in [0.4, 0.5) is 4.39 Å². The standard InChI is InChI=1S/C16H17BrFNO/c17-16-9-14(18)7-6-13(16)10-19-15(11-20)8-12-4-2-1-3-5-12/h1-7,9,15,19-20H,8,10-11H2/t15-/m1/s1. The molecule has 0 fully saturated rings. The third kappa shape index (κ3) is 4.40. The van der Waals surface area contributed by atoms with Crippen molar-refractivity contribution >= 4 is 15.9 Å². The Kier molecular flexibility index (Phi) is 5.71. The van der Waals surface area contributed by atoms with Gasteiger partial charge in [-0.15, -0.1) is 0 Å². The summed E-state index contributed by atoms with van der Waals surface area (Å²) in [5, 5.41) is 12.7. The minimum absolute atomic E-state index is 0.0191. The zero-order valence-electron chi connectivity index (χ0n) is 11.0. The number of halogens is 2. The number of benzene rings is 2. The molecule has 0 aliphatic carbocycles. The van der Waals surface area contributed by atoms with Crippen LogP contribution in [-0.4, -0.2) is 17.8 Å². The van der Waals surface area contributed by atoms with E-state index in [4.69, 9.17) is 0 Å². The molecule has 0 bridgehead atoms. The molecule has 20 heavy (non-hydrogen) atoms. The van der Waals surface area contributed by atoms with Crippen molar-refractivity contribution in [3.63, 3.8) is 0 Å². The van der Waals surface area contributed by atoms with Gasteiger partial charge in [-0.2, -0.15) is 0 Å². The molecular weight excluding hydrogens is 321 g/mol. The van der Waals surface area contributed by atoms with Gasteiger partial charge in [0.2, 0.25) is 0 Å². The molecule has 2 aromatic rings. The summed E-state index contributed by atoms with van der Waals surface area (Å²) in [5.74, 6) is -0.261. The van der Waals surface area contributed by atoms with Crippen LogP contribution in [0.5, 0.6) is 0 Å². The van der Waals surface area contributed by atoms with Crippen LogP contribution in [0.2, 0.25) is 0 Å². The lowest BCUT2D eigenvalue weighted by Gasteiger charge is -2.17. The molecule has 2 rings (SSSR count). The van der Waals surface area contributed by atoms with Crippen LogP contribution in [0.3, 0.4) is 0 Å².